The number of nitriles is 1. The Balaban J connectivity index is 2.48. The van der Waals surface area contributed by atoms with Crippen LogP contribution in [-0.2, 0) is 19.6 Å². The molecule has 0 spiro atoms. The Morgan fingerprint density at radius 2 is 1.81 bits per heavy atom. The smallest absolute Gasteiger partial charge is 0.247 e. The highest BCUT2D eigenvalue weighted by molar-refractivity contribution is 7.89. The average Bonchev–Trinajstić information content (AvgIpc) is 2.43. The van der Waals surface area contributed by atoms with Crippen LogP contribution in [0.2, 0.25) is 0 Å². The van der Waals surface area contributed by atoms with Crippen molar-refractivity contribution in [3.63, 3.8) is 0 Å². The van der Waals surface area contributed by atoms with Crippen LogP contribution in [0.3, 0.4) is 0 Å². The second kappa shape index (κ2) is 4.95. The molecule has 21 heavy (non-hydrogen) atoms. The lowest BCUT2D eigenvalue weighted by Gasteiger charge is -2.38. The van der Waals surface area contributed by atoms with Gasteiger partial charge in [0.25, 0.3) is 0 Å². The molecule has 0 bridgehead atoms. The summed E-state index contributed by atoms with van der Waals surface area (Å²) >= 11 is 0. The molecule has 0 atom stereocenters. The molecule has 0 radical (unpaired) electrons. The first-order chi connectivity index (χ1) is 9.69. The maximum Gasteiger partial charge on any atom is 0.247 e. The molecule has 0 saturated carbocycles. The van der Waals surface area contributed by atoms with Crippen molar-refractivity contribution in [2.45, 2.75) is 24.3 Å². The topological polar surface area (TPSA) is 107 Å². The van der Waals surface area contributed by atoms with Gasteiger partial charge >= 0.3 is 0 Å². The Morgan fingerprint density at radius 3 is 2.33 bits per heavy atom. The van der Waals surface area contributed by atoms with Gasteiger partial charge in [-0.05, 0) is 38.1 Å². The molecule has 0 aromatic heterocycles. The van der Waals surface area contributed by atoms with Crippen LogP contribution in [0.25, 0.3) is 0 Å². The van der Waals surface area contributed by atoms with Gasteiger partial charge in [-0.25, -0.2) is 8.42 Å². The van der Waals surface area contributed by atoms with E-state index in [4.69, 9.17) is 5.26 Å². The lowest BCUT2D eigenvalue weighted by atomic mass is 10.0. The number of carbonyl (C=O) groups excluding carboxylic acids is 2. The summed E-state index contributed by atoms with van der Waals surface area (Å²) in [4.78, 5) is 23.2. The Morgan fingerprint density at radius 1 is 1.24 bits per heavy atom. The molecular weight excluding hydrogens is 294 g/mol. The number of sulfonamides is 1. The minimum atomic E-state index is -4.02. The zero-order chi connectivity index (χ0) is 15.8. The van der Waals surface area contributed by atoms with E-state index >= 15 is 0 Å². The molecule has 110 valence electrons. The van der Waals surface area contributed by atoms with Gasteiger partial charge in [0.1, 0.15) is 5.54 Å². The quantitative estimate of drug-likeness (QED) is 0.773. The van der Waals surface area contributed by atoms with Gasteiger partial charge < -0.3 is 0 Å². The Kier molecular flexibility index (Phi) is 3.57. The lowest BCUT2D eigenvalue weighted by Crippen LogP contribution is -2.65. The average molecular weight is 307 g/mol. The number of hydrogen-bond donors (Lipinski definition) is 1. The van der Waals surface area contributed by atoms with E-state index < -0.39 is 33.9 Å². The van der Waals surface area contributed by atoms with E-state index in [1.807, 2.05) is 6.07 Å². The fourth-order valence-corrected chi connectivity index (χ4v) is 3.68. The van der Waals surface area contributed by atoms with E-state index in [0.29, 0.717) is 5.56 Å². The van der Waals surface area contributed by atoms with E-state index in [9.17, 15) is 18.0 Å². The number of imide groups is 1. The van der Waals surface area contributed by atoms with Gasteiger partial charge in [0.15, 0.2) is 0 Å². The molecule has 2 rings (SSSR count). The molecule has 0 aliphatic carbocycles. The van der Waals surface area contributed by atoms with Gasteiger partial charge in [0.05, 0.1) is 23.1 Å². The predicted octanol–water partition coefficient (Wildman–Crippen LogP) is -0.0160. The van der Waals surface area contributed by atoms with Crippen molar-refractivity contribution in [2.75, 3.05) is 6.54 Å². The number of hydrogen-bond acceptors (Lipinski definition) is 5. The summed E-state index contributed by atoms with van der Waals surface area (Å²) in [7, 11) is -4.02. The van der Waals surface area contributed by atoms with E-state index in [1.165, 1.54) is 38.1 Å². The molecule has 2 amide bonds. The normalized spacial score (nSPS) is 18.9. The van der Waals surface area contributed by atoms with E-state index in [1.54, 1.807) is 0 Å². The van der Waals surface area contributed by atoms with Crippen molar-refractivity contribution in [1.29, 1.82) is 5.26 Å². The summed E-state index contributed by atoms with van der Waals surface area (Å²) in [6, 6.07) is 7.18. The first-order valence-corrected chi connectivity index (χ1v) is 7.51. The van der Waals surface area contributed by atoms with Crippen LogP contribution >= 0.6 is 0 Å². The fourth-order valence-electron chi connectivity index (χ4n) is 1.97. The molecule has 7 nitrogen and oxygen atoms in total. The minimum Gasteiger partial charge on any atom is -0.294 e. The van der Waals surface area contributed by atoms with Crippen LogP contribution in [0.1, 0.15) is 19.4 Å². The molecule has 1 heterocycles. The van der Waals surface area contributed by atoms with Gasteiger partial charge in [0.2, 0.25) is 21.8 Å². The molecule has 8 heteroatoms. The number of nitrogens with zero attached hydrogens (tertiary/aromatic N) is 2. The van der Waals surface area contributed by atoms with Crippen molar-refractivity contribution in [3.05, 3.63) is 29.8 Å². The standard InChI is InChI=1S/C13H13N3O4S/c1-13(2)12(18)15-11(17)8-16(13)21(19,20)10-5-3-9(7-14)4-6-10/h3-6H,8H2,1-2H3,(H,15,17,18). The number of piperazine rings is 1. The number of carbonyl (C=O) groups is 2. The van der Waals surface area contributed by atoms with Crippen molar-refractivity contribution in [3.8, 4) is 6.07 Å². The Hall–Kier alpha value is -2.24. The van der Waals surface area contributed by atoms with Crippen molar-refractivity contribution in [1.82, 2.24) is 9.62 Å². The van der Waals surface area contributed by atoms with Crippen LogP contribution in [0.15, 0.2) is 29.2 Å². The summed E-state index contributed by atoms with van der Waals surface area (Å²) in [6.45, 7) is 2.42. The molecule has 0 unspecified atom stereocenters. The highest BCUT2D eigenvalue weighted by Crippen LogP contribution is 2.27. The fraction of sp³-hybridized carbons (Fsp3) is 0.308. The molecule has 1 aliphatic rings. The molecule has 1 aliphatic heterocycles. The van der Waals surface area contributed by atoms with Crippen LogP contribution in [0.5, 0.6) is 0 Å². The second-order valence-electron chi connectivity index (χ2n) is 5.08. The summed E-state index contributed by atoms with van der Waals surface area (Å²) in [6.07, 6.45) is 0. The monoisotopic (exact) mass is 307 g/mol. The van der Waals surface area contributed by atoms with E-state index in [-0.39, 0.29) is 4.90 Å². The highest BCUT2D eigenvalue weighted by Gasteiger charge is 2.47. The minimum absolute atomic E-state index is 0.0722. The summed E-state index contributed by atoms with van der Waals surface area (Å²) in [5, 5.41) is 10.8. The number of amides is 2. The Labute approximate surface area is 122 Å². The maximum atomic E-state index is 12.6. The molecule has 1 aromatic carbocycles. The van der Waals surface area contributed by atoms with Crippen molar-refractivity contribution >= 4 is 21.8 Å². The summed E-state index contributed by atoms with van der Waals surface area (Å²) in [5.74, 6) is -1.34. The highest BCUT2D eigenvalue weighted by atomic mass is 32.2. The van der Waals surface area contributed by atoms with Gasteiger partial charge in [-0.3, -0.25) is 14.9 Å². The number of nitrogens with one attached hydrogen (secondary N) is 1. The Bertz CT molecular complexity index is 745. The third-order valence-corrected chi connectivity index (χ3v) is 5.32. The zero-order valence-electron chi connectivity index (χ0n) is 11.5. The van der Waals surface area contributed by atoms with Gasteiger partial charge in [0, 0.05) is 0 Å². The van der Waals surface area contributed by atoms with Crippen molar-refractivity contribution in [2.24, 2.45) is 0 Å². The van der Waals surface area contributed by atoms with Gasteiger partial charge in [-0.1, -0.05) is 0 Å². The van der Waals surface area contributed by atoms with E-state index in [2.05, 4.69) is 5.32 Å². The van der Waals surface area contributed by atoms with Crippen LogP contribution in [-0.4, -0.2) is 36.6 Å². The summed E-state index contributed by atoms with van der Waals surface area (Å²) in [5.41, 5.74) is -1.05. The third kappa shape index (κ3) is 2.53. The summed E-state index contributed by atoms with van der Waals surface area (Å²) < 4.78 is 26.1. The molecule has 1 aromatic rings. The molecule has 1 saturated heterocycles. The largest absolute Gasteiger partial charge is 0.294 e. The zero-order valence-corrected chi connectivity index (χ0v) is 12.3. The van der Waals surface area contributed by atoms with Gasteiger partial charge in [-0.15, -0.1) is 0 Å². The lowest BCUT2D eigenvalue weighted by molar-refractivity contribution is -0.141. The van der Waals surface area contributed by atoms with Crippen LogP contribution in [0.4, 0.5) is 0 Å². The maximum absolute atomic E-state index is 12.6. The third-order valence-electron chi connectivity index (χ3n) is 3.29. The number of rotatable bonds is 2. The van der Waals surface area contributed by atoms with Crippen molar-refractivity contribution < 1.29 is 18.0 Å². The van der Waals surface area contributed by atoms with Crippen LogP contribution < -0.4 is 5.32 Å². The second-order valence-corrected chi connectivity index (χ2v) is 6.95. The van der Waals surface area contributed by atoms with Gasteiger partial charge in [-0.2, -0.15) is 9.57 Å². The molecular formula is C13H13N3O4S. The predicted molar refractivity (Wildman–Crippen MR) is 72.3 cm³/mol. The molecule has 1 fully saturated rings. The SMILES string of the molecule is CC1(C)C(=O)NC(=O)CN1S(=O)(=O)c1ccc(C#N)cc1. The first kappa shape index (κ1) is 15.2. The molecule has 1 N–H and O–H groups in total. The van der Waals surface area contributed by atoms with E-state index in [0.717, 1.165) is 4.31 Å². The number of benzene rings is 1. The first-order valence-electron chi connectivity index (χ1n) is 6.07. The van der Waals surface area contributed by atoms with Crippen LogP contribution in [0, 0.1) is 11.3 Å².